The third-order valence-corrected chi connectivity index (χ3v) is 2.37. The maximum atomic E-state index is 11.1. The van der Waals surface area contributed by atoms with Crippen molar-refractivity contribution < 1.29 is 4.79 Å². The van der Waals surface area contributed by atoms with Crippen LogP contribution in [0.2, 0.25) is 0 Å². The van der Waals surface area contributed by atoms with Gasteiger partial charge in [0.25, 0.3) is 5.91 Å². The molecule has 0 atom stereocenters. The highest BCUT2D eigenvalue weighted by Crippen LogP contribution is 2.14. The molecule has 1 amide bonds. The van der Waals surface area contributed by atoms with Crippen molar-refractivity contribution in [3.05, 3.63) is 21.9 Å². The van der Waals surface area contributed by atoms with Gasteiger partial charge in [-0.25, -0.2) is 0 Å². The number of thiophene rings is 1. The van der Waals surface area contributed by atoms with Crippen molar-refractivity contribution in [3.63, 3.8) is 0 Å². The van der Waals surface area contributed by atoms with E-state index in [1.165, 1.54) is 11.3 Å². The van der Waals surface area contributed by atoms with Gasteiger partial charge >= 0.3 is 0 Å². The SMILES string of the molecule is CNC(=O)c1ccc(C#CCN)s1. The summed E-state index contributed by atoms with van der Waals surface area (Å²) in [6.07, 6.45) is 0. The molecule has 68 valence electrons. The van der Waals surface area contributed by atoms with E-state index in [2.05, 4.69) is 17.2 Å². The second-order valence-electron chi connectivity index (χ2n) is 2.25. The first-order chi connectivity index (χ1) is 6.27. The largest absolute Gasteiger partial charge is 0.354 e. The van der Waals surface area contributed by atoms with E-state index >= 15 is 0 Å². The van der Waals surface area contributed by atoms with Gasteiger partial charge in [0, 0.05) is 7.05 Å². The fourth-order valence-electron chi connectivity index (χ4n) is 0.788. The zero-order chi connectivity index (χ0) is 9.68. The van der Waals surface area contributed by atoms with E-state index < -0.39 is 0 Å². The molecule has 3 N–H and O–H groups in total. The maximum Gasteiger partial charge on any atom is 0.261 e. The first-order valence-corrected chi connectivity index (χ1v) is 4.60. The van der Waals surface area contributed by atoms with Crippen molar-refractivity contribution in [2.45, 2.75) is 0 Å². The summed E-state index contributed by atoms with van der Waals surface area (Å²) in [4.78, 5) is 12.7. The summed E-state index contributed by atoms with van der Waals surface area (Å²) in [7, 11) is 1.60. The normalized spacial score (nSPS) is 8.77. The van der Waals surface area contributed by atoms with E-state index in [0.717, 1.165) is 4.88 Å². The molecule has 3 nitrogen and oxygen atoms in total. The molecule has 0 unspecified atom stereocenters. The third-order valence-electron chi connectivity index (χ3n) is 1.37. The van der Waals surface area contributed by atoms with E-state index in [1.54, 1.807) is 13.1 Å². The molecule has 0 bridgehead atoms. The highest BCUT2D eigenvalue weighted by Gasteiger charge is 2.04. The van der Waals surface area contributed by atoms with Gasteiger partial charge in [0.15, 0.2) is 0 Å². The Morgan fingerprint density at radius 1 is 1.69 bits per heavy atom. The van der Waals surface area contributed by atoms with Crippen LogP contribution >= 0.6 is 11.3 Å². The van der Waals surface area contributed by atoms with Crippen LogP contribution in [-0.2, 0) is 0 Å². The summed E-state index contributed by atoms with van der Waals surface area (Å²) < 4.78 is 0. The average molecular weight is 194 g/mol. The highest BCUT2D eigenvalue weighted by atomic mass is 32.1. The van der Waals surface area contributed by atoms with Gasteiger partial charge in [0.2, 0.25) is 0 Å². The zero-order valence-electron chi connectivity index (χ0n) is 7.26. The Kier molecular flexibility index (Phi) is 3.50. The number of amides is 1. The molecule has 13 heavy (non-hydrogen) atoms. The van der Waals surface area contributed by atoms with E-state index in [0.29, 0.717) is 11.4 Å². The smallest absolute Gasteiger partial charge is 0.261 e. The summed E-state index contributed by atoms with van der Waals surface area (Å²) in [5, 5.41) is 2.55. The Balaban J connectivity index is 2.80. The second kappa shape index (κ2) is 4.65. The molecule has 0 aromatic carbocycles. The van der Waals surface area contributed by atoms with Gasteiger partial charge < -0.3 is 11.1 Å². The number of rotatable bonds is 1. The Bertz CT molecular complexity index is 359. The van der Waals surface area contributed by atoms with Crippen LogP contribution in [0.25, 0.3) is 0 Å². The van der Waals surface area contributed by atoms with Crippen LogP contribution in [0.5, 0.6) is 0 Å². The van der Waals surface area contributed by atoms with E-state index in [-0.39, 0.29) is 5.91 Å². The Morgan fingerprint density at radius 2 is 2.46 bits per heavy atom. The molecule has 0 saturated carbocycles. The Morgan fingerprint density at radius 3 is 3.08 bits per heavy atom. The van der Waals surface area contributed by atoms with Crippen molar-refractivity contribution in [3.8, 4) is 11.8 Å². The lowest BCUT2D eigenvalue weighted by Crippen LogP contribution is -2.15. The van der Waals surface area contributed by atoms with Crippen molar-refractivity contribution >= 4 is 17.2 Å². The van der Waals surface area contributed by atoms with Gasteiger partial charge in [0.1, 0.15) is 0 Å². The van der Waals surface area contributed by atoms with Crippen LogP contribution in [0, 0.1) is 11.8 Å². The fraction of sp³-hybridized carbons (Fsp3) is 0.222. The minimum absolute atomic E-state index is 0.0780. The quantitative estimate of drug-likeness (QED) is 0.636. The Labute approximate surface area is 80.9 Å². The number of hydrogen-bond donors (Lipinski definition) is 2. The summed E-state index contributed by atoms with van der Waals surface area (Å²) in [6, 6.07) is 3.57. The van der Waals surface area contributed by atoms with Crippen molar-refractivity contribution in [2.24, 2.45) is 5.73 Å². The van der Waals surface area contributed by atoms with Gasteiger partial charge in [-0.15, -0.1) is 11.3 Å². The summed E-state index contributed by atoms with van der Waals surface area (Å²) in [6.45, 7) is 0.340. The van der Waals surface area contributed by atoms with Crippen LogP contribution in [0.1, 0.15) is 14.5 Å². The average Bonchev–Trinajstić information content (AvgIpc) is 2.62. The molecule has 0 radical (unpaired) electrons. The highest BCUT2D eigenvalue weighted by molar-refractivity contribution is 7.14. The molecule has 0 spiro atoms. The summed E-state index contributed by atoms with van der Waals surface area (Å²) in [5.41, 5.74) is 5.22. The fourth-order valence-corrected chi connectivity index (χ4v) is 1.62. The molecule has 4 heteroatoms. The van der Waals surface area contributed by atoms with Gasteiger partial charge in [0.05, 0.1) is 16.3 Å². The van der Waals surface area contributed by atoms with Crippen molar-refractivity contribution in [2.75, 3.05) is 13.6 Å². The lowest BCUT2D eigenvalue weighted by Gasteiger charge is -1.91. The van der Waals surface area contributed by atoms with Crippen LogP contribution in [0.4, 0.5) is 0 Å². The minimum atomic E-state index is -0.0780. The number of carbonyl (C=O) groups excluding carboxylic acids is 1. The van der Waals surface area contributed by atoms with Gasteiger partial charge in [-0.1, -0.05) is 11.8 Å². The molecule has 1 aromatic rings. The number of hydrogen-bond acceptors (Lipinski definition) is 3. The minimum Gasteiger partial charge on any atom is -0.354 e. The maximum absolute atomic E-state index is 11.1. The van der Waals surface area contributed by atoms with E-state index in [1.807, 2.05) is 6.07 Å². The molecule has 1 heterocycles. The number of nitrogens with one attached hydrogen (secondary N) is 1. The molecule has 1 aromatic heterocycles. The third kappa shape index (κ3) is 2.58. The van der Waals surface area contributed by atoms with Crippen LogP contribution in [0.3, 0.4) is 0 Å². The summed E-state index contributed by atoms with van der Waals surface area (Å²) >= 11 is 1.36. The van der Waals surface area contributed by atoms with Gasteiger partial charge in [-0.3, -0.25) is 4.79 Å². The van der Waals surface area contributed by atoms with Crippen molar-refractivity contribution in [1.29, 1.82) is 0 Å². The lowest BCUT2D eigenvalue weighted by atomic mass is 10.4. The molecule has 0 aliphatic rings. The second-order valence-corrected chi connectivity index (χ2v) is 3.33. The molecule has 0 fully saturated rings. The predicted molar refractivity (Wildman–Crippen MR) is 53.6 cm³/mol. The monoisotopic (exact) mass is 194 g/mol. The van der Waals surface area contributed by atoms with Gasteiger partial charge in [-0.2, -0.15) is 0 Å². The predicted octanol–water partition coefficient (Wildman–Crippen LogP) is 0.418. The summed E-state index contributed by atoms with van der Waals surface area (Å²) in [5.74, 6) is 5.52. The van der Waals surface area contributed by atoms with Crippen molar-refractivity contribution in [1.82, 2.24) is 5.32 Å². The zero-order valence-corrected chi connectivity index (χ0v) is 8.07. The molecule has 0 aliphatic heterocycles. The Hall–Kier alpha value is -1.31. The molecule has 0 saturated heterocycles. The molecule has 0 aliphatic carbocycles. The van der Waals surface area contributed by atoms with Crippen LogP contribution < -0.4 is 11.1 Å². The molecular weight excluding hydrogens is 184 g/mol. The van der Waals surface area contributed by atoms with E-state index in [9.17, 15) is 4.79 Å². The van der Waals surface area contributed by atoms with Crippen LogP contribution in [0.15, 0.2) is 12.1 Å². The van der Waals surface area contributed by atoms with E-state index in [4.69, 9.17) is 5.73 Å². The molecule has 1 rings (SSSR count). The standard InChI is InChI=1S/C9H10N2OS/c1-11-9(12)8-5-4-7(13-8)3-2-6-10/h4-5H,6,10H2,1H3,(H,11,12). The first kappa shape index (κ1) is 9.78. The number of nitrogens with two attached hydrogens (primary N) is 1. The van der Waals surface area contributed by atoms with Crippen LogP contribution in [-0.4, -0.2) is 19.5 Å². The first-order valence-electron chi connectivity index (χ1n) is 3.78. The lowest BCUT2D eigenvalue weighted by molar-refractivity contribution is 0.0967. The molecular formula is C9H10N2OS. The van der Waals surface area contributed by atoms with Gasteiger partial charge in [-0.05, 0) is 12.1 Å². The number of carbonyl (C=O) groups is 1. The topological polar surface area (TPSA) is 55.1 Å².